The summed E-state index contributed by atoms with van der Waals surface area (Å²) in [6.07, 6.45) is 0.0997. The largest absolute Gasteiger partial charge is 0.491 e. The van der Waals surface area contributed by atoms with E-state index in [0.717, 1.165) is 11.4 Å². The van der Waals surface area contributed by atoms with Gasteiger partial charge in [0.15, 0.2) is 0 Å². The van der Waals surface area contributed by atoms with Gasteiger partial charge in [-0.3, -0.25) is 4.79 Å². The minimum absolute atomic E-state index is 0.0997. The fourth-order valence-electron chi connectivity index (χ4n) is 2.80. The van der Waals surface area contributed by atoms with Gasteiger partial charge in [-0.1, -0.05) is 6.07 Å². The number of carbonyl (C=O) groups is 1. The van der Waals surface area contributed by atoms with Crippen molar-refractivity contribution in [2.75, 3.05) is 10.6 Å². The standard InChI is InChI=1S/C23H26N4O2/c1-14(2)29-20-10-8-18(9-11-20)27-23(28)21-13-22(25-17(5)24-21)26-19-7-6-15(3)16(4)12-19/h6-14H,1-5H3,(H,27,28)(H,24,25,26). The molecule has 1 heterocycles. The Morgan fingerprint density at radius 2 is 1.59 bits per heavy atom. The molecule has 1 aromatic heterocycles. The van der Waals surface area contributed by atoms with Gasteiger partial charge in [0.25, 0.3) is 5.91 Å². The Labute approximate surface area is 171 Å². The zero-order valence-corrected chi connectivity index (χ0v) is 17.4. The summed E-state index contributed by atoms with van der Waals surface area (Å²) < 4.78 is 5.62. The van der Waals surface area contributed by atoms with Crippen molar-refractivity contribution in [3.63, 3.8) is 0 Å². The Hall–Kier alpha value is -3.41. The summed E-state index contributed by atoms with van der Waals surface area (Å²) >= 11 is 0. The van der Waals surface area contributed by atoms with Crippen molar-refractivity contribution < 1.29 is 9.53 Å². The van der Waals surface area contributed by atoms with Crippen molar-refractivity contribution in [2.45, 2.75) is 40.7 Å². The topological polar surface area (TPSA) is 76.1 Å². The third kappa shape index (κ3) is 5.54. The first-order valence-electron chi connectivity index (χ1n) is 9.58. The molecule has 2 N–H and O–H groups in total. The molecule has 150 valence electrons. The van der Waals surface area contributed by atoms with E-state index in [9.17, 15) is 4.79 Å². The lowest BCUT2D eigenvalue weighted by atomic mass is 10.1. The van der Waals surface area contributed by atoms with Gasteiger partial charge in [-0.15, -0.1) is 0 Å². The molecule has 0 aliphatic carbocycles. The summed E-state index contributed by atoms with van der Waals surface area (Å²) in [5, 5.41) is 6.11. The molecule has 1 amide bonds. The summed E-state index contributed by atoms with van der Waals surface area (Å²) in [4.78, 5) is 21.3. The lowest BCUT2D eigenvalue weighted by molar-refractivity contribution is 0.102. The molecule has 0 spiro atoms. The van der Waals surface area contributed by atoms with E-state index in [1.807, 2.05) is 44.2 Å². The van der Waals surface area contributed by atoms with Crippen molar-refractivity contribution in [1.82, 2.24) is 9.97 Å². The van der Waals surface area contributed by atoms with E-state index in [1.54, 1.807) is 25.1 Å². The number of aromatic nitrogens is 2. The highest BCUT2D eigenvalue weighted by atomic mass is 16.5. The van der Waals surface area contributed by atoms with Crippen molar-refractivity contribution in [3.8, 4) is 5.75 Å². The average Bonchev–Trinajstić information content (AvgIpc) is 2.65. The Bertz CT molecular complexity index is 1010. The quantitative estimate of drug-likeness (QED) is 0.606. The number of carbonyl (C=O) groups excluding carboxylic acids is 1. The predicted octanol–water partition coefficient (Wildman–Crippen LogP) is 5.18. The lowest BCUT2D eigenvalue weighted by Gasteiger charge is -2.12. The number of rotatable bonds is 6. The fraction of sp³-hybridized carbons (Fsp3) is 0.261. The van der Waals surface area contributed by atoms with E-state index in [0.29, 0.717) is 23.0 Å². The van der Waals surface area contributed by atoms with Gasteiger partial charge in [0.05, 0.1) is 6.10 Å². The van der Waals surface area contributed by atoms with Gasteiger partial charge in [-0.05, 0) is 82.1 Å². The first kappa shape index (κ1) is 20.3. The molecule has 0 saturated heterocycles. The number of amides is 1. The van der Waals surface area contributed by atoms with Gasteiger partial charge in [0.1, 0.15) is 23.1 Å². The molecule has 3 rings (SSSR count). The molecule has 0 saturated carbocycles. The van der Waals surface area contributed by atoms with Gasteiger partial charge in [-0.25, -0.2) is 9.97 Å². The van der Waals surface area contributed by atoms with Crippen molar-refractivity contribution in [1.29, 1.82) is 0 Å². The average molecular weight is 390 g/mol. The normalized spacial score (nSPS) is 10.7. The third-order valence-corrected chi connectivity index (χ3v) is 4.33. The number of nitrogens with one attached hydrogen (secondary N) is 2. The van der Waals surface area contributed by atoms with Gasteiger partial charge in [0.2, 0.25) is 0 Å². The number of ether oxygens (including phenoxy) is 1. The second kappa shape index (κ2) is 8.73. The molecular weight excluding hydrogens is 364 g/mol. The number of anilines is 3. The van der Waals surface area contributed by atoms with Crippen LogP contribution in [0.2, 0.25) is 0 Å². The van der Waals surface area contributed by atoms with E-state index in [4.69, 9.17) is 4.74 Å². The molecule has 3 aromatic rings. The van der Waals surface area contributed by atoms with Crippen LogP contribution in [-0.4, -0.2) is 22.0 Å². The summed E-state index contributed by atoms with van der Waals surface area (Å²) in [7, 11) is 0. The fourth-order valence-corrected chi connectivity index (χ4v) is 2.80. The number of hydrogen-bond donors (Lipinski definition) is 2. The Balaban J connectivity index is 1.74. The molecule has 0 unspecified atom stereocenters. The van der Waals surface area contributed by atoms with Gasteiger partial charge in [0, 0.05) is 17.4 Å². The van der Waals surface area contributed by atoms with Crippen molar-refractivity contribution >= 4 is 23.1 Å². The van der Waals surface area contributed by atoms with Gasteiger partial charge >= 0.3 is 0 Å². The Kier molecular flexibility index (Phi) is 6.12. The minimum Gasteiger partial charge on any atom is -0.491 e. The molecular formula is C23H26N4O2. The smallest absolute Gasteiger partial charge is 0.274 e. The summed E-state index contributed by atoms with van der Waals surface area (Å²) in [6, 6.07) is 15.0. The first-order chi connectivity index (χ1) is 13.8. The van der Waals surface area contributed by atoms with Crippen LogP contribution in [0.1, 0.15) is 41.3 Å². The number of benzene rings is 2. The number of hydrogen-bond acceptors (Lipinski definition) is 5. The van der Waals surface area contributed by atoms with Crippen molar-refractivity contribution in [3.05, 3.63) is 71.2 Å². The monoisotopic (exact) mass is 390 g/mol. The maximum atomic E-state index is 12.7. The molecule has 29 heavy (non-hydrogen) atoms. The second-order valence-electron chi connectivity index (χ2n) is 7.25. The van der Waals surface area contributed by atoms with Crippen LogP contribution in [0.25, 0.3) is 0 Å². The predicted molar refractivity (Wildman–Crippen MR) is 116 cm³/mol. The molecule has 6 nitrogen and oxygen atoms in total. The Morgan fingerprint density at radius 3 is 2.24 bits per heavy atom. The highest BCUT2D eigenvalue weighted by Crippen LogP contribution is 2.20. The minimum atomic E-state index is -0.295. The van der Waals surface area contributed by atoms with Crippen LogP contribution in [0.5, 0.6) is 5.75 Å². The lowest BCUT2D eigenvalue weighted by Crippen LogP contribution is -2.15. The molecule has 0 radical (unpaired) electrons. The van der Waals surface area contributed by atoms with Crippen LogP contribution in [0.15, 0.2) is 48.5 Å². The second-order valence-corrected chi connectivity index (χ2v) is 7.25. The van der Waals surface area contributed by atoms with E-state index < -0.39 is 0 Å². The van der Waals surface area contributed by atoms with Crippen LogP contribution in [0, 0.1) is 20.8 Å². The molecule has 0 fully saturated rings. The van der Waals surface area contributed by atoms with Crippen LogP contribution in [-0.2, 0) is 0 Å². The van der Waals surface area contributed by atoms with Crippen LogP contribution in [0.4, 0.5) is 17.2 Å². The number of nitrogens with zero attached hydrogens (tertiary/aromatic N) is 2. The van der Waals surface area contributed by atoms with Crippen LogP contribution >= 0.6 is 0 Å². The highest BCUT2D eigenvalue weighted by Gasteiger charge is 2.12. The maximum Gasteiger partial charge on any atom is 0.274 e. The molecule has 0 atom stereocenters. The molecule has 0 bridgehead atoms. The SMILES string of the molecule is Cc1nc(Nc2ccc(C)c(C)c2)cc(C(=O)Nc2ccc(OC(C)C)cc2)n1. The van der Waals surface area contributed by atoms with Crippen LogP contribution < -0.4 is 15.4 Å². The van der Waals surface area contributed by atoms with E-state index >= 15 is 0 Å². The van der Waals surface area contributed by atoms with E-state index in [-0.39, 0.29) is 12.0 Å². The summed E-state index contributed by atoms with van der Waals surface area (Å²) in [5.41, 5.74) is 4.29. The third-order valence-electron chi connectivity index (χ3n) is 4.33. The van der Waals surface area contributed by atoms with Crippen molar-refractivity contribution in [2.24, 2.45) is 0 Å². The zero-order chi connectivity index (χ0) is 21.0. The number of aryl methyl sites for hydroxylation is 3. The maximum absolute atomic E-state index is 12.7. The zero-order valence-electron chi connectivity index (χ0n) is 17.4. The molecule has 0 aliphatic rings. The summed E-state index contributed by atoms with van der Waals surface area (Å²) in [6.45, 7) is 9.83. The molecule has 6 heteroatoms. The van der Waals surface area contributed by atoms with Crippen LogP contribution in [0.3, 0.4) is 0 Å². The van der Waals surface area contributed by atoms with E-state index in [2.05, 4.69) is 34.4 Å². The summed E-state index contributed by atoms with van der Waals surface area (Å²) in [5.74, 6) is 1.56. The Morgan fingerprint density at radius 1 is 0.897 bits per heavy atom. The van der Waals surface area contributed by atoms with E-state index in [1.165, 1.54) is 11.1 Å². The molecule has 0 aliphatic heterocycles. The first-order valence-corrected chi connectivity index (χ1v) is 9.58. The van der Waals surface area contributed by atoms with Gasteiger partial charge in [-0.2, -0.15) is 0 Å². The van der Waals surface area contributed by atoms with Gasteiger partial charge < -0.3 is 15.4 Å². The molecule has 2 aromatic carbocycles. The highest BCUT2D eigenvalue weighted by molar-refractivity contribution is 6.03.